The summed E-state index contributed by atoms with van der Waals surface area (Å²) in [6, 6.07) is 0. The Bertz CT molecular complexity index is 310. The van der Waals surface area contributed by atoms with Crippen LogP contribution in [0.1, 0.15) is 66.2 Å². The molecule has 0 aromatic carbocycles. The predicted octanol–water partition coefficient (Wildman–Crippen LogP) is 4.27. The summed E-state index contributed by atoms with van der Waals surface area (Å²) in [6.45, 7) is 13.2. The summed E-state index contributed by atoms with van der Waals surface area (Å²) < 4.78 is 11.0. The number of esters is 1. The highest BCUT2D eigenvalue weighted by molar-refractivity contribution is 6.74. The molecule has 4 nitrogen and oxygen atoms in total. The van der Waals surface area contributed by atoms with Gasteiger partial charge in [-0.2, -0.15) is 0 Å². The van der Waals surface area contributed by atoms with E-state index in [1.807, 2.05) is 0 Å². The second-order valence-corrected chi connectivity index (χ2v) is 12.4. The maximum atomic E-state index is 11.6. The SMILES string of the molecule is CCCCCCCC(=O)OC[C@@H](O)CO[Si](C)(C)C(C)(C)C. The van der Waals surface area contributed by atoms with E-state index in [4.69, 9.17) is 9.16 Å². The van der Waals surface area contributed by atoms with Crippen LogP contribution in [0.15, 0.2) is 0 Å². The fourth-order valence-electron chi connectivity index (χ4n) is 1.70. The highest BCUT2D eigenvalue weighted by Crippen LogP contribution is 2.36. The minimum atomic E-state index is -1.86. The van der Waals surface area contributed by atoms with E-state index >= 15 is 0 Å². The molecule has 0 aliphatic rings. The summed E-state index contributed by atoms with van der Waals surface area (Å²) in [4.78, 5) is 11.6. The lowest BCUT2D eigenvalue weighted by atomic mass is 10.1. The van der Waals surface area contributed by atoms with E-state index in [1.165, 1.54) is 19.3 Å². The monoisotopic (exact) mass is 332 g/mol. The maximum Gasteiger partial charge on any atom is 0.305 e. The van der Waals surface area contributed by atoms with Crippen molar-refractivity contribution in [2.75, 3.05) is 13.2 Å². The van der Waals surface area contributed by atoms with E-state index in [2.05, 4.69) is 40.8 Å². The molecule has 0 aliphatic heterocycles. The van der Waals surface area contributed by atoms with Gasteiger partial charge in [0.15, 0.2) is 8.32 Å². The summed E-state index contributed by atoms with van der Waals surface area (Å²) in [5.74, 6) is -0.220. The average Bonchev–Trinajstić information content (AvgIpc) is 2.41. The molecule has 0 bridgehead atoms. The second-order valence-electron chi connectivity index (χ2n) is 7.57. The molecule has 0 amide bonds. The van der Waals surface area contributed by atoms with Crippen molar-refractivity contribution in [1.29, 1.82) is 0 Å². The molecule has 0 aromatic rings. The fourth-order valence-corrected chi connectivity index (χ4v) is 2.75. The van der Waals surface area contributed by atoms with Gasteiger partial charge in [0, 0.05) is 6.42 Å². The molecule has 1 N–H and O–H groups in total. The van der Waals surface area contributed by atoms with Gasteiger partial charge < -0.3 is 14.3 Å². The van der Waals surface area contributed by atoms with Gasteiger partial charge in [0.2, 0.25) is 0 Å². The van der Waals surface area contributed by atoms with Crippen LogP contribution in [0.2, 0.25) is 18.1 Å². The normalized spacial score (nSPS) is 14.0. The van der Waals surface area contributed by atoms with E-state index in [1.54, 1.807) is 0 Å². The molecule has 0 spiro atoms. The van der Waals surface area contributed by atoms with Crippen LogP contribution in [0.5, 0.6) is 0 Å². The molecule has 0 saturated carbocycles. The lowest BCUT2D eigenvalue weighted by molar-refractivity contribution is -0.147. The first-order valence-corrected chi connectivity index (χ1v) is 11.5. The van der Waals surface area contributed by atoms with Crippen molar-refractivity contribution in [3.05, 3.63) is 0 Å². The van der Waals surface area contributed by atoms with Gasteiger partial charge in [-0.25, -0.2) is 0 Å². The van der Waals surface area contributed by atoms with Gasteiger partial charge in [-0.15, -0.1) is 0 Å². The number of ether oxygens (including phenoxy) is 1. The van der Waals surface area contributed by atoms with E-state index in [0.29, 0.717) is 6.42 Å². The lowest BCUT2D eigenvalue weighted by Gasteiger charge is -2.36. The van der Waals surface area contributed by atoms with Crippen LogP contribution in [0.3, 0.4) is 0 Å². The highest BCUT2D eigenvalue weighted by Gasteiger charge is 2.37. The Hall–Kier alpha value is -0.393. The smallest absolute Gasteiger partial charge is 0.305 e. The van der Waals surface area contributed by atoms with Crippen molar-refractivity contribution in [2.24, 2.45) is 0 Å². The van der Waals surface area contributed by atoms with Crippen LogP contribution < -0.4 is 0 Å². The molecule has 22 heavy (non-hydrogen) atoms. The second kappa shape index (κ2) is 10.4. The first-order chi connectivity index (χ1) is 10.1. The first-order valence-electron chi connectivity index (χ1n) is 8.58. The summed E-state index contributed by atoms with van der Waals surface area (Å²) >= 11 is 0. The molecule has 0 unspecified atom stereocenters. The minimum Gasteiger partial charge on any atom is -0.463 e. The summed E-state index contributed by atoms with van der Waals surface area (Å²) in [6.07, 6.45) is 5.24. The van der Waals surface area contributed by atoms with Crippen molar-refractivity contribution in [2.45, 2.75) is 90.5 Å². The molecule has 0 saturated heterocycles. The average molecular weight is 333 g/mol. The molecular weight excluding hydrogens is 296 g/mol. The quantitative estimate of drug-likeness (QED) is 0.349. The van der Waals surface area contributed by atoms with Crippen molar-refractivity contribution >= 4 is 14.3 Å². The van der Waals surface area contributed by atoms with Gasteiger partial charge >= 0.3 is 5.97 Å². The van der Waals surface area contributed by atoms with Gasteiger partial charge in [0.05, 0.1) is 6.61 Å². The molecule has 5 heteroatoms. The van der Waals surface area contributed by atoms with Crippen LogP contribution in [-0.2, 0) is 14.0 Å². The Morgan fingerprint density at radius 2 is 1.68 bits per heavy atom. The van der Waals surface area contributed by atoms with Gasteiger partial charge in [-0.3, -0.25) is 4.79 Å². The van der Waals surface area contributed by atoms with Crippen molar-refractivity contribution in [1.82, 2.24) is 0 Å². The Morgan fingerprint density at radius 1 is 1.09 bits per heavy atom. The number of rotatable bonds is 11. The zero-order valence-corrected chi connectivity index (χ0v) is 16.4. The topological polar surface area (TPSA) is 55.8 Å². The Kier molecular flexibility index (Phi) is 10.2. The van der Waals surface area contributed by atoms with Crippen molar-refractivity contribution < 1.29 is 19.1 Å². The minimum absolute atomic E-state index is 0.0302. The van der Waals surface area contributed by atoms with Gasteiger partial charge in [0.25, 0.3) is 0 Å². The largest absolute Gasteiger partial charge is 0.463 e. The molecule has 132 valence electrons. The van der Waals surface area contributed by atoms with Crippen LogP contribution in [0, 0.1) is 0 Å². The third-order valence-electron chi connectivity index (χ3n) is 4.36. The van der Waals surface area contributed by atoms with E-state index < -0.39 is 14.4 Å². The van der Waals surface area contributed by atoms with Crippen molar-refractivity contribution in [3.63, 3.8) is 0 Å². The van der Waals surface area contributed by atoms with Crippen LogP contribution >= 0.6 is 0 Å². The number of hydrogen-bond acceptors (Lipinski definition) is 4. The Balaban J connectivity index is 3.81. The van der Waals surface area contributed by atoms with Crippen molar-refractivity contribution in [3.8, 4) is 0 Å². The molecule has 0 radical (unpaired) electrons. The van der Waals surface area contributed by atoms with Crippen LogP contribution in [0.25, 0.3) is 0 Å². The van der Waals surface area contributed by atoms with E-state index in [-0.39, 0.29) is 24.2 Å². The molecule has 0 aliphatic carbocycles. The summed E-state index contributed by atoms with van der Waals surface area (Å²) in [7, 11) is -1.86. The van der Waals surface area contributed by atoms with Crippen LogP contribution in [0.4, 0.5) is 0 Å². The highest BCUT2D eigenvalue weighted by atomic mass is 28.4. The zero-order chi connectivity index (χ0) is 17.2. The third-order valence-corrected chi connectivity index (χ3v) is 8.86. The number of carbonyl (C=O) groups excluding carboxylic acids is 1. The molecule has 0 aromatic heterocycles. The molecular formula is C17H36O4Si. The number of unbranched alkanes of at least 4 members (excludes halogenated alkanes) is 4. The maximum absolute atomic E-state index is 11.6. The third kappa shape index (κ3) is 9.59. The predicted molar refractivity (Wildman–Crippen MR) is 93.5 cm³/mol. The van der Waals surface area contributed by atoms with Gasteiger partial charge in [-0.05, 0) is 24.6 Å². The fraction of sp³-hybridized carbons (Fsp3) is 0.941. The number of aliphatic hydroxyl groups excluding tert-OH is 1. The molecule has 0 heterocycles. The Labute approximate surface area is 137 Å². The molecule has 0 fully saturated rings. The summed E-state index contributed by atoms with van der Waals surface area (Å²) in [5, 5.41) is 10.0. The number of carbonyl (C=O) groups is 1. The van der Waals surface area contributed by atoms with E-state index in [9.17, 15) is 9.90 Å². The Morgan fingerprint density at radius 3 is 2.23 bits per heavy atom. The van der Waals surface area contributed by atoms with E-state index in [0.717, 1.165) is 12.8 Å². The first kappa shape index (κ1) is 21.6. The number of hydrogen-bond donors (Lipinski definition) is 1. The molecule has 1 atom stereocenters. The molecule has 0 rings (SSSR count). The van der Waals surface area contributed by atoms with Crippen LogP contribution in [-0.4, -0.2) is 38.7 Å². The number of aliphatic hydroxyl groups is 1. The zero-order valence-electron chi connectivity index (χ0n) is 15.4. The summed E-state index contributed by atoms with van der Waals surface area (Å²) in [5.41, 5.74) is 0. The van der Waals surface area contributed by atoms with Gasteiger partial charge in [0.1, 0.15) is 12.7 Å². The standard InChI is InChI=1S/C17H36O4Si/c1-7-8-9-10-11-12-16(19)20-13-15(18)14-21-22(5,6)17(2,3)4/h15,18H,7-14H2,1-6H3/t15-/m1/s1. The lowest BCUT2D eigenvalue weighted by Crippen LogP contribution is -2.43. The van der Waals surface area contributed by atoms with Gasteiger partial charge in [-0.1, -0.05) is 53.4 Å².